The summed E-state index contributed by atoms with van der Waals surface area (Å²) in [5.74, 6) is 0.669. The van der Waals surface area contributed by atoms with Crippen molar-refractivity contribution in [1.82, 2.24) is 5.32 Å². The Morgan fingerprint density at radius 2 is 1.90 bits per heavy atom. The van der Waals surface area contributed by atoms with Gasteiger partial charge in [-0.05, 0) is 24.3 Å². The van der Waals surface area contributed by atoms with Gasteiger partial charge in [0, 0.05) is 24.2 Å². The van der Waals surface area contributed by atoms with Crippen molar-refractivity contribution in [3.8, 4) is 11.5 Å². The molecule has 0 amide bonds. The molecule has 0 unspecified atom stereocenters. The van der Waals surface area contributed by atoms with Gasteiger partial charge < -0.3 is 10.1 Å². The molecule has 0 atom stereocenters. The normalized spacial score (nSPS) is 11.0. The average Bonchev–Trinajstić information content (AvgIpc) is 2.42. The molecule has 0 heterocycles. The fourth-order valence-electron chi connectivity index (χ4n) is 1.78. The molecule has 0 radical (unpaired) electrons. The number of halogens is 3. The molecule has 0 saturated heterocycles. The Morgan fingerprint density at radius 3 is 2.57 bits per heavy atom. The van der Waals surface area contributed by atoms with Crippen LogP contribution in [0.15, 0.2) is 36.4 Å². The van der Waals surface area contributed by atoms with E-state index in [0.29, 0.717) is 33.7 Å². The third-order valence-corrected chi connectivity index (χ3v) is 3.62. The molecule has 2 nitrogen and oxygen atoms in total. The zero-order chi connectivity index (χ0) is 15.4. The van der Waals surface area contributed by atoms with Crippen LogP contribution in [0.1, 0.15) is 19.4 Å². The minimum absolute atomic E-state index is 0.252. The average molecular weight is 328 g/mol. The highest BCUT2D eigenvalue weighted by Crippen LogP contribution is 2.31. The Morgan fingerprint density at radius 1 is 1.14 bits per heavy atom. The second-order valence-corrected chi connectivity index (χ2v) is 5.74. The summed E-state index contributed by atoms with van der Waals surface area (Å²) in [4.78, 5) is 0. The van der Waals surface area contributed by atoms with Crippen LogP contribution < -0.4 is 10.1 Å². The smallest absolute Gasteiger partial charge is 0.134 e. The Labute approximate surface area is 133 Å². The minimum atomic E-state index is -0.305. The van der Waals surface area contributed by atoms with Crippen LogP contribution in [0.3, 0.4) is 0 Å². The maximum Gasteiger partial charge on any atom is 0.134 e. The van der Waals surface area contributed by atoms with Crippen LogP contribution in [0.5, 0.6) is 11.5 Å². The quantitative estimate of drug-likeness (QED) is 0.791. The summed E-state index contributed by atoms with van der Waals surface area (Å²) in [6, 6.07) is 9.95. The van der Waals surface area contributed by atoms with E-state index in [1.165, 1.54) is 6.07 Å². The molecular weight excluding hydrogens is 312 g/mol. The summed E-state index contributed by atoms with van der Waals surface area (Å²) in [5.41, 5.74) is 0.484. The van der Waals surface area contributed by atoms with E-state index in [2.05, 4.69) is 5.32 Å². The molecule has 2 aromatic rings. The maximum absolute atomic E-state index is 14.0. The predicted octanol–water partition coefficient (Wildman–Crippen LogP) is 5.42. The van der Waals surface area contributed by atoms with Gasteiger partial charge in [0.15, 0.2) is 0 Å². The summed E-state index contributed by atoms with van der Waals surface area (Å²) < 4.78 is 19.7. The van der Waals surface area contributed by atoms with Crippen LogP contribution in [-0.2, 0) is 6.54 Å². The fourth-order valence-corrected chi connectivity index (χ4v) is 2.07. The van der Waals surface area contributed by atoms with Crippen LogP contribution in [-0.4, -0.2) is 6.04 Å². The number of benzene rings is 2. The van der Waals surface area contributed by atoms with Crippen molar-refractivity contribution in [1.29, 1.82) is 0 Å². The zero-order valence-corrected chi connectivity index (χ0v) is 13.3. The molecule has 0 bridgehead atoms. The highest BCUT2D eigenvalue weighted by molar-refractivity contribution is 6.42. The summed E-state index contributed by atoms with van der Waals surface area (Å²) in [7, 11) is 0. The molecule has 2 rings (SSSR count). The second-order valence-electron chi connectivity index (χ2n) is 4.93. The first-order valence-electron chi connectivity index (χ1n) is 6.61. The van der Waals surface area contributed by atoms with Gasteiger partial charge in [0.2, 0.25) is 0 Å². The molecule has 2 aromatic carbocycles. The number of hydrogen-bond acceptors (Lipinski definition) is 2. The molecular formula is C16H16Cl2FNO. The SMILES string of the molecule is CC(C)NCc1c(F)cccc1Oc1ccc(Cl)c(Cl)c1. The molecule has 21 heavy (non-hydrogen) atoms. The molecule has 0 aliphatic carbocycles. The van der Waals surface area contributed by atoms with Gasteiger partial charge in [0.1, 0.15) is 17.3 Å². The summed E-state index contributed by atoms with van der Waals surface area (Å²) in [6.07, 6.45) is 0. The van der Waals surface area contributed by atoms with E-state index in [9.17, 15) is 4.39 Å². The van der Waals surface area contributed by atoms with Crippen LogP contribution >= 0.6 is 23.2 Å². The fraction of sp³-hybridized carbons (Fsp3) is 0.250. The Bertz CT molecular complexity index is 632. The third-order valence-electron chi connectivity index (χ3n) is 2.88. The zero-order valence-electron chi connectivity index (χ0n) is 11.8. The molecule has 0 saturated carbocycles. The lowest BCUT2D eigenvalue weighted by Crippen LogP contribution is -2.22. The number of ether oxygens (including phenoxy) is 1. The summed E-state index contributed by atoms with van der Waals surface area (Å²) >= 11 is 11.8. The topological polar surface area (TPSA) is 21.3 Å². The van der Waals surface area contributed by atoms with Crippen LogP contribution in [0.4, 0.5) is 4.39 Å². The van der Waals surface area contributed by atoms with Crippen LogP contribution in [0.2, 0.25) is 10.0 Å². The number of rotatable bonds is 5. The van der Waals surface area contributed by atoms with Crippen molar-refractivity contribution >= 4 is 23.2 Å². The van der Waals surface area contributed by atoms with E-state index in [1.54, 1.807) is 30.3 Å². The van der Waals surface area contributed by atoms with Crippen molar-refractivity contribution in [3.05, 3.63) is 57.8 Å². The van der Waals surface area contributed by atoms with E-state index in [-0.39, 0.29) is 11.9 Å². The molecule has 0 aliphatic rings. The maximum atomic E-state index is 14.0. The number of nitrogens with one attached hydrogen (secondary N) is 1. The third kappa shape index (κ3) is 4.34. The van der Waals surface area contributed by atoms with E-state index >= 15 is 0 Å². The van der Waals surface area contributed by atoms with Crippen molar-refractivity contribution in [3.63, 3.8) is 0 Å². The first kappa shape index (κ1) is 16.1. The Hall–Kier alpha value is -1.29. The lowest BCUT2D eigenvalue weighted by molar-refractivity contribution is 0.457. The first-order chi connectivity index (χ1) is 9.97. The van der Waals surface area contributed by atoms with Gasteiger partial charge in [-0.3, -0.25) is 0 Å². The van der Waals surface area contributed by atoms with Crippen molar-refractivity contribution in [2.45, 2.75) is 26.4 Å². The van der Waals surface area contributed by atoms with Gasteiger partial charge in [-0.2, -0.15) is 0 Å². The first-order valence-corrected chi connectivity index (χ1v) is 7.36. The summed E-state index contributed by atoms with van der Waals surface area (Å²) in [6.45, 7) is 4.39. The molecule has 1 N–H and O–H groups in total. The lowest BCUT2D eigenvalue weighted by Gasteiger charge is -2.14. The molecule has 5 heteroatoms. The highest BCUT2D eigenvalue weighted by atomic mass is 35.5. The largest absolute Gasteiger partial charge is 0.457 e. The molecule has 0 aromatic heterocycles. The van der Waals surface area contributed by atoms with Crippen molar-refractivity contribution in [2.75, 3.05) is 0 Å². The summed E-state index contributed by atoms with van der Waals surface area (Å²) in [5, 5.41) is 4.03. The monoisotopic (exact) mass is 327 g/mol. The standard InChI is InChI=1S/C16H16Cl2FNO/c1-10(2)20-9-12-15(19)4-3-5-16(12)21-11-6-7-13(17)14(18)8-11/h3-8,10,20H,9H2,1-2H3. The Kier molecular flexibility index (Phi) is 5.45. The van der Waals surface area contributed by atoms with Gasteiger partial charge in [0.25, 0.3) is 0 Å². The molecule has 112 valence electrons. The van der Waals surface area contributed by atoms with E-state index in [1.807, 2.05) is 13.8 Å². The van der Waals surface area contributed by atoms with Crippen molar-refractivity contribution < 1.29 is 9.13 Å². The second kappa shape index (κ2) is 7.12. The van der Waals surface area contributed by atoms with Gasteiger partial charge in [-0.15, -0.1) is 0 Å². The van der Waals surface area contributed by atoms with E-state index in [4.69, 9.17) is 27.9 Å². The van der Waals surface area contributed by atoms with E-state index in [0.717, 1.165) is 0 Å². The van der Waals surface area contributed by atoms with Gasteiger partial charge in [-0.25, -0.2) is 4.39 Å². The van der Waals surface area contributed by atoms with Crippen LogP contribution in [0.25, 0.3) is 0 Å². The number of hydrogen-bond donors (Lipinski definition) is 1. The van der Waals surface area contributed by atoms with Gasteiger partial charge in [-0.1, -0.05) is 43.1 Å². The van der Waals surface area contributed by atoms with Crippen LogP contribution in [0, 0.1) is 5.82 Å². The highest BCUT2D eigenvalue weighted by Gasteiger charge is 2.11. The molecule has 0 fully saturated rings. The van der Waals surface area contributed by atoms with Crippen molar-refractivity contribution in [2.24, 2.45) is 0 Å². The Balaban J connectivity index is 2.26. The lowest BCUT2D eigenvalue weighted by atomic mass is 10.1. The molecule has 0 aliphatic heterocycles. The van der Waals surface area contributed by atoms with Gasteiger partial charge in [0.05, 0.1) is 10.0 Å². The van der Waals surface area contributed by atoms with E-state index < -0.39 is 0 Å². The van der Waals surface area contributed by atoms with Gasteiger partial charge >= 0.3 is 0 Å². The minimum Gasteiger partial charge on any atom is -0.457 e. The molecule has 0 spiro atoms. The predicted molar refractivity (Wildman–Crippen MR) is 84.9 cm³/mol.